The average molecular weight is 325 g/mol. The van der Waals surface area contributed by atoms with Crippen molar-refractivity contribution in [1.29, 1.82) is 0 Å². The van der Waals surface area contributed by atoms with E-state index in [1.54, 1.807) is 24.3 Å². The Morgan fingerprint density at radius 3 is 2.48 bits per heavy atom. The third-order valence-corrected chi connectivity index (χ3v) is 3.21. The zero-order valence-corrected chi connectivity index (χ0v) is 12.3. The fourth-order valence-corrected chi connectivity index (χ4v) is 1.66. The van der Waals surface area contributed by atoms with E-state index in [9.17, 15) is 18.0 Å². The first-order chi connectivity index (χ1) is 9.57. The smallest absolute Gasteiger partial charge is 0.415 e. The van der Waals surface area contributed by atoms with Crippen molar-refractivity contribution >= 4 is 17.5 Å². The van der Waals surface area contributed by atoms with Crippen LogP contribution in [0, 0.1) is 0 Å². The average Bonchev–Trinajstić information content (AvgIpc) is 2.38. The molecule has 0 heterocycles. The summed E-state index contributed by atoms with van der Waals surface area (Å²) in [5.41, 5.74) is 2.14. The van der Waals surface area contributed by atoms with Crippen molar-refractivity contribution in [2.45, 2.75) is 18.6 Å². The molecule has 0 aliphatic carbocycles. The summed E-state index contributed by atoms with van der Waals surface area (Å²) in [7, 11) is 1.23. The Morgan fingerprint density at radius 2 is 1.95 bits per heavy atom. The maximum atomic E-state index is 12.7. The van der Waals surface area contributed by atoms with Crippen LogP contribution in [0.1, 0.15) is 6.92 Å². The molecule has 1 rings (SSSR count). The molecule has 0 radical (unpaired) electrons. The lowest BCUT2D eigenvalue weighted by Gasteiger charge is -2.30. The van der Waals surface area contributed by atoms with Crippen LogP contribution in [0.15, 0.2) is 24.3 Å². The lowest BCUT2D eigenvalue weighted by atomic mass is 10.0. The first-order valence-corrected chi connectivity index (χ1v) is 6.43. The molecule has 0 spiro atoms. The number of halogens is 4. The monoisotopic (exact) mass is 324 g/mol. The molecule has 1 aromatic carbocycles. The quantitative estimate of drug-likeness (QED) is 0.905. The first kappa shape index (κ1) is 17.6. The molecule has 0 fully saturated rings. The molecule has 1 unspecified atom stereocenters. The van der Waals surface area contributed by atoms with Gasteiger partial charge in [0.2, 0.25) is 0 Å². The Labute approximate surface area is 125 Å². The van der Waals surface area contributed by atoms with Gasteiger partial charge in [-0.25, -0.2) is 0 Å². The number of benzene rings is 1. The number of carbonyl (C=O) groups excluding carboxylic acids is 1. The summed E-state index contributed by atoms with van der Waals surface area (Å²) in [6.07, 6.45) is -4.82. The summed E-state index contributed by atoms with van der Waals surface area (Å²) in [6, 6.07) is 6.66. The van der Waals surface area contributed by atoms with Gasteiger partial charge in [0.25, 0.3) is 5.91 Å². The second-order valence-corrected chi connectivity index (χ2v) is 5.11. The summed E-state index contributed by atoms with van der Waals surface area (Å²) in [5, 5.41) is 0.380. The Hall–Kier alpha value is -1.47. The molecule has 0 aliphatic heterocycles. The third-order valence-electron chi connectivity index (χ3n) is 2.90. The molecule has 0 bridgehead atoms. The van der Waals surface area contributed by atoms with Gasteiger partial charge in [0.15, 0.2) is 5.54 Å². The second-order valence-electron chi connectivity index (χ2n) is 4.71. The van der Waals surface area contributed by atoms with Gasteiger partial charge in [-0.15, -0.1) is 0 Å². The number of rotatable bonds is 5. The fourth-order valence-electron chi connectivity index (χ4n) is 1.47. The van der Waals surface area contributed by atoms with E-state index in [0.29, 0.717) is 17.7 Å². The van der Waals surface area contributed by atoms with E-state index in [1.165, 1.54) is 7.05 Å². The predicted octanol–water partition coefficient (Wildman–Crippen LogP) is 2.46. The summed E-state index contributed by atoms with van der Waals surface area (Å²) in [5.74, 6) is -0.830. The second kappa shape index (κ2) is 6.53. The molecule has 1 atom stereocenters. The van der Waals surface area contributed by atoms with E-state index < -0.39 is 17.6 Å². The van der Waals surface area contributed by atoms with Gasteiger partial charge in [-0.05, 0) is 19.1 Å². The van der Waals surface area contributed by atoms with Crippen molar-refractivity contribution in [1.82, 2.24) is 4.90 Å². The first-order valence-electron chi connectivity index (χ1n) is 6.06. The van der Waals surface area contributed by atoms with Crippen LogP contribution in [0.5, 0.6) is 5.75 Å². The van der Waals surface area contributed by atoms with Gasteiger partial charge in [-0.3, -0.25) is 4.79 Å². The van der Waals surface area contributed by atoms with Crippen LogP contribution >= 0.6 is 11.6 Å². The number of nitrogens with two attached hydrogens (primary N) is 1. The van der Waals surface area contributed by atoms with E-state index in [-0.39, 0.29) is 13.2 Å². The molecular formula is C13H16ClF3N2O2. The fraction of sp³-hybridized carbons (Fsp3) is 0.462. The van der Waals surface area contributed by atoms with Crippen molar-refractivity contribution in [2.75, 3.05) is 20.2 Å². The maximum Gasteiger partial charge on any atom is 0.415 e. The number of carbonyl (C=O) groups is 1. The minimum Gasteiger partial charge on any atom is -0.490 e. The molecule has 1 aromatic rings. The Kier molecular flexibility index (Phi) is 5.47. The van der Waals surface area contributed by atoms with Gasteiger partial charge in [-0.2, -0.15) is 13.2 Å². The maximum absolute atomic E-state index is 12.7. The Balaban J connectivity index is 2.57. The van der Waals surface area contributed by atoms with E-state index in [1.807, 2.05) is 0 Å². The molecule has 0 saturated carbocycles. The molecule has 118 valence electrons. The minimum atomic E-state index is -4.82. The lowest BCUT2D eigenvalue weighted by Crippen LogP contribution is -2.61. The summed E-state index contributed by atoms with van der Waals surface area (Å²) < 4.78 is 43.3. The van der Waals surface area contributed by atoms with E-state index in [4.69, 9.17) is 22.1 Å². The van der Waals surface area contributed by atoms with Gasteiger partial charge >= 0.3 is 6.18 Å². The zero-order chi connectivity index (χ0) is 16.3. The number of hydrogen-bond donors (Lipinski definition) is 1. The molecule has 8 heteroatoms. The highest BCUT2D eigenvalue weighted by molar-refractivity contribution is 6.32. The number of hydrogen-bond acceptors (Lipinski definition) is 3. The van der Waals surface area contributed by atoms with Crippen LogP contribution in [0.25, 0.3) is 0 Å². The molecule has 0 aromatic heterocycles. The van der Waals surface area contributed by atoms with Gasteiger partial charge in [0.1, 0.15) is 12.4 Å². The number of likely N-dealkylation sites (N-methyl/N-ethyl adjacent to an activating group) is 1. The van der Waals surface area contributed by atoms with Crippen LogP contribution in [0.2, 0.25) is 5.02 Å². The Bertz CT molecular complexity index is 506. The number of nitrogens with zero attached hydrogens (tertiary/aromatic N) is 1. The summed E-state index contributed by atoms with van der Waals surface area (Å²) in [4.78, 5) is 12.6. The largest absolute Gasteiger partial charge is 0.490 e. The van der Waals surface area contributed by atoms with Gasteiger partial charge < -0.3 is 15.4 Å². The van der Waals surface area contributed by atoms with E-state index >= 15 is 0 Å². The highest BCUT2D eigenvalue weighted by Gasteiger charge is 2.54. The third kappa shape index (κ3) is 4.25. The van der Waals surface area contributed by atoms with E-state index in [2.05, 4.69) is 0 Å². The molecular weight excluding hydrogens is 309 g/mol. The summed E-state index contributed by atoms with van der Waals surface area (Å²) >= 11 is 5.86. The van der Waals surface area contributed by atoms with Gasteiger partial charge in [0, 0.05) is 7.05 Å². The van der Waals surface area contributed by atoms with Gasteiger partial charge in [0.05, 0.1) is 11.6 Å². The standard InChI is InChI=1S/C13H16ClF3N2O2/c1-12(18,13(15,16)17)11(20)19(2)7-8-21-10-6-4-3-5-9(10)14/h3-6H,7-8,18H2,1-2H3. The van der Waals surface area contributed by atoms with Crippen LogP contribution in [0.4, 0.5) is 13.2 Å². The number of alkyl halides is 3. The molecule has 4 nitrogen and oxygen atoms in total. The number of para-hydroxylation sites is 1. The highest BCUT2D eigenvalue weighted by Crippen LogP contribution is 2.29. The van der Waals surface area contributed by atoms with Crippen LogP contribution in [-0.4, -0.2) is 42.7 Å². The van der Waals surface area contributed by atoms with E-state index in [0.717, 1.165) is 4.90 Å². The van der Waals surface area contributed by atoms with Crippen LogP contribution in [-0.2, 0) is 4.79 Å². The van der Waals surface area contributed by atoms with Crippen molar-refractivity contribution in [3.8, 4) is 5.75 Å². The van der Waals surface area contributed by atoms with Crippen molar-refractivity contribution in [2.24, 2.45) is 5.73 Å². The molecule has 0 aliphatic rings. The van der Waals surface area contributed by atoms with Crippen molar-refractivity contribution in [3.63, 3.8) is 0 Å². The SMILES string of the molecule is CN(CCOc1ccccc1Cl)C(=O)C(C)(N)C(F)(F)F. The number of amides is 1. The van der Waals surface area contributed by atoms with Crippen LogP contribution in [0.3, 0.4) is 0 Å². The number of ether oxygens (including phenoxy) is 1. The topological polar surface area (TPSA) is 55.6 Å². The lowest BCUT2D eigenvalue weighted by molar-refractivity contribution is -0.193. The van der Waals surface area contributed by atoms with Crippen molar-refractivity contribution < 1.29 is 22.7 Å². The van der Waals surface area contributed by atoms with Crippen molar-refractivity contribution in [3.05, 3.63) is 29.3 Å². The summed E-state index contributed by atoms with van der Waals surface area (Å²) in [6.45, 7) is 0.591. The molecule has 21 heavy (non-hydrogen) atoms. The molecule has 2 N–H and O–H groups in total. The zero-order valence-electron chi connectivity index (χ0n) is 11.6. The molecule has 1 amide bonds. The van der Waals surface area contributed by atoms with Crippen LogP contribution < -0.4 is 10.5 Å². The van der Waals surface area contributed by atoms with Gasteiger partial charge in [-0.1, -0.05) is 23.7 Å². The molecule has 0 saturated heterocycles. The normalized spacial score (nSPS) is 14.4. The minimum absolute atomic E-state index is 0.0000888. The highest BCUT2D eigenvalue weighted by atomic mass is 35.5. The Morgan fingerprint density at radius 1 is 1.38 bits per heavy atom. The predicted molar refractivity (Wildman–Crippen MR) is 73.2 cm³/mol.